The van der Waals surface area contributed by atoms with E-state index in [1.807, 2.05) is 30.3 Å². The average Bonchev–Trinajstić information content (AvgIpc) is 2.92. The molecule has 2 unspecified atom stereocenters. The fraction of sp³-hybridized carbons (Fsp3) is 0.519. The number of nitrogens with one attached hydrogen (secondary N) is 1. The van der Waals surface area contributed by atoms with Crippen LogP contribution in [0.25, 0.3) is 0 Å². The Balaban J connectivity index is 1.66. The summed E-state index contributed by atoms with van der Waals surface area (Å²) in [6.45, 7) is 2.85. The van der Waals surface area contributed by atoms with Gasteiger partial charge in [-0.25, -0.2) is 0 Å². The summed E-state index contributed by atoms with van der Waals surface area (Å²) in [6.07, 6.45) is -7.55. The fourth-order valence-electron chi connectivity index (χ4n) is 5.37. The zero-order chi connectivity index (χ0) is 26.8. The number of carbonyl (C=O) groups excluding carboxylic acids is 1. The lowest BCUT2D eigenvalue weighted by Gasteiger charge is -2.49. The number of carbonyl (C=O) groups is 1. The van der Waals surface area contributed by atoms with E-state index in [9.17, 15) is 31.1 Å². The van der Waals surface area contributed by atoms with E-state index in [-0.39, 0.29) is 30.7 Å². The van der Waals surface area contributed by atoms with Gasteiger partial charge in [-0.3, -0.25) is 9.69 Å². The van der Waals surface area contributed by atoms with Crippen molar-refractivity contribution in [2.45, 2.75) is 56.6 Å². The number of halogens is 6. The summed E-state index contributed by atoms with van der Waals surface area (Å²) in [5.41, 5.74) is -2.80. The van der Waals surface area contributed by atoms with Crippen molar-refractivity contribution in [3.05, 3.63) is 70.8 Å². The zero-order valence-electron chi connectivity index (χ0n) is 20.5. The standard InChI is InChI=1S/C27H30F6N2O2/c1-18(20-12-22(26(28,29)30)14-23(13-20)27(31,32)33)37-17-25(21-7-3-2-4-8-21)10-9-19-6-5-11-34-24(36)16-35(25)15-19/h2-4,7-8,12-14,18-19H,5-6,9-11,15-17H2,1H3,(H,34,36)/t18-,19?,25-/m1/s1. The van der Waals surface area contributed by atoms with Crippen LogP contribution < -0.4 is 5.32 Å². The molecule has 4 nitrogen and oxygen atoms in total. The maximum absolute atomic E-state index is 13.4. The highest BCUT2D eigenvalue weighted by Crippen LogP contribution is 2.43. The molecule has 0 saturated carbocycles. The maximum atomic E-state index is 13.4. The average molecular weight is 529 g/mol. The molecule has 4 rings (SSSR count). The van der Waals surface area contributed by atoms with E-state index in [0.717, 1.165) is 24.8 Å². The monoisotopic (exact) mass is 528 g/mol. The Kier molecular flexibility index (Phi) is 7.90. The largest absolute Gasteiger partial charge is 0.416 e. The first-order valence-electron chi connectivity index (χ1n) is 12.4. The van der Waals surface area contributed by atoms with Gasteiger partial charge in [-0.15, -0.1) is 0 Å². The molecule has 2 aromatic rings. The first-order valence-corrected chi connectivity index (χ1v) is 12.4. The number of hydrogen-bond donors (Lipinski definition) is 1. The smallest absolute Gasteiger partial charge is 0.372 e. The van der Waals surface area contributed by atoms with Gasteiger partial charge in [0.05, 0.1) is 35.9 Å². The molecule has 0 radical (unpaired) electrons. The Morgan fingerprint density at radius 3 is 2.30 bits per heavy atom. The second kappa shape index (κ2) is 10.6. The Labute approximate surface area is 212 Å². The fourth-order valence-corrected chi connectivity index (χ4v) is 5.37. The van der Waals surface area contributed by atoms with Gasteiger partial charge in [-0.05, 0) is 67.9 Å². The van der Waals surface area contributed by atoms with Crippen LogP contribution in [-0.4, -0.2) is 37.0 Å². The molecule has 2 fully saturated rings. The van der Waals surface area contributed by atoms with Crippen molar-refractivity contribution >= 4 is 5.91 Å². The molecule has 0 aliphatic carbocycles. The lowest BCUT2D eigenvalue weighted by molar-refractivity contribution is -0.143. The van der Waals surface area contributed by atoms with E-state index in [0.29, 0.717) is 37.6 Å². The molecular formula is C27H30F6N2O2. The lowest BCUT2D eigenvalue weighted by Crippen LogP contribution is -2.56. The van der Waals surface area contributed by atoms with Crippen LogP contribution in [-0.2, 0) is 27.4 Å². The number of benzene rings is 2. The van der Waals surface area contributed by atoms with Crippen molar-refractivity contribution in [2.24, 2.45) is 5.92 Å². The number of rotatable bonds is 5. The number of ether oxygens (including phenoxy) is 1. The van der Waals surface area contributed by atoms with E-state index in [1.54, 1.807) is 0 Å². The Hall–Kier alpha value is -2.59. The number of amides is 1. The summed E-state index contributed by atoms with van der Waals surface area (Å²) in [5.74, 6) is 0.267. The van der Waals surface area contributed by atoms with Crippen LogP contribution >= 0.6 is 0 Å². The van der Waals surface area contributed by atoms with Gasteiger partial charge in [-0.2, -0.15) is 26.3 Å². The third kappa shape index (κ3) is 6.29. The number of hydrogen-bond acceptors (Lipinski definition) is 3. The molecule has 2 aliphatic rings. The zero-order valence-corrected chi connectivity index (χ0v) is 20.5. The highest BCUT2D eigenvalue weighted by atomic mass is 19.4. The third-order valence-corrected chi connectivity index (χ3v) is 7.46. The molecule has 202 valence electrons. The van der Waals surface area contributed by atoms with Gasteiger partial charge in [0.15, 0.2) is 0 Å². The predicted molar refractivity (Wildman–Crippen MR) is 125 cm³/mol. The molecule has 2 heterocycles. The third-order valence-electron chi connectivity index (χ3n) is 7.46. The Morgan fingerprint density at radius 2 is 1.68 bits per heavy atom. The van der Waals surface area contributed by atoms with E-state index in [4.69, 9.17) is 4.74 Å². The van der Waals surface area contributed by atoms with Crippen molar-refractivity contribution in [1.82, 2.24) is 10.2 Å². The SMILES string of the molecule is C[C@@H](OC[C@@]1(c2ccccc2)CCC2CCCNC(=O)CN1C2)c1cc(C(F)(F)F)cc(C(F)(F)F)c1. The molecule has 0 aromatic heterocycles. The second-order valence-corrected chi connectivity index (χ2v) is 9.97. The molecule has 37 heavy (non-hydrogen) atoms. The normalized spacial score (nSPS) is 26.0. The van der Waals surface area contributed by atoms with Crippen molar-refractivity contribution in [2.75, 3.05) is 26.2 Å². The van der Waals surface area contributed by atoms with Crippen LogP contribution in [0.15, 0.2) is 48.5 Å². The van der Waals surface area contributed by atoms with Crippen LogP contribution in [0.4, 0.5) is 26.3 Å². The summed E-state index contributed by atoms with van der Waals surface area (Å²) in [7, 11) is 0. The van der Waals surface area contributed by atoms with Gasteiger partial charge in [0.1, 0.15) is 0 Å². The highest BCUT2D eigenvalue weighted by Gasteiger charge is 2.45. The van der Waals surface area contributed by atoms with Crippen molar-refractivity contribution in [3.63, 3.8) is 0 Å². The number of piperidine rings is 1. The van der Waals surface area contributed by atoms with Gasteiger partial charge < -0.3 is 10.1 Å². The molecule has 2 aliphatic heterocycles. The van der Waals surface area contributed by atoms with Crippen LogP contribution in [0.2, 0.25) is 0 Å². The molecule has 10 heteroatoms. The highest BCUT2D eigenvalue weighted by molar-refractivity contribution is 5.78. The van der Waals surface area contributed by atoms with Crippen molar-refractivity contribution in [1.29, 1.82) is 0 Å². The first-order chi connectivity index (χ1) is 17.4. The molecule has 4 atom stereocenters. The Bertz CT molecular complexity index is 1060. The maximum Gasteiger partial charge on any atom is 0.416 e. The minimum absolute atomic E-state index is 0.00970. The van der Waals surface area contributed by atoms with Gasteiger partial charge >= 0.3 is 12.4 Å². The molecule has 2 saturated heterocycles. The van der Waals surface area contributed by atoms with Gasteiger partial charge in [0, 0.05) is 13.1 Å². The predicted octanol–water partition coefficient (Wildman–Crippen LogP) is 6.32. The van der Waals surface area contributed by atoms with Crippen LogP contribution in [0, 0.1) is 5.92 Å². The molecule has 0 spiro atoms. The minimum Gasteiger partial charge on any atom is -0.372 e. The summed E-state index contributed by atoms with van der Waals surface area (Å²) in [6, 6.07) is 11.0. The molecule has 2 bridgehead atoms. The first kappa shape index (κ1) is 27.4. The number of alkyl halides is 6. The number of nitrogens with zero attached hydrogens (tertiary/aromatic N) is 1. The quantitative estimate of drug-likeness (QED) is 0.462. The van der Waals surface area contributed by atoms with Crippen LogP contribution in [0.3, 0.4) is 0 Å². The topological polar surface area (TPSA) is 41.6 Å². The van der Waals surface area contributed by atoms with E-state index in [1.165, 1.54) is 6.92 Å². The van der Waals surface area contributed by atoms with Crippen LogP contribution in [0.1, 0.15) is 61.0 Å². The molecule has 2 aromatic carbocycles. The molecule has 1 N–H and O–H groups in total. The molecule has 1 amide bonds. The summed E-state index contributed by atoms with van der Waals surface area (Å²) >= 11 is 0. The van der Waals surface area contributed by atoms with E-state index in [2.05, 4.69) is 10.2 Å². The van der Waals surface area contributed by atoms with Crippen LogP contribution in [0.5, 0.6) is 0 Å². The van der Waals surface area contributed by atoms with Gasteiger partial charge in [0.2, 0.25) is 5.91 Å². The van der Waals surface area contributed by atoms with Gasteiger partial charge in [-0.1, -0.05) is 30.3 Å². The summed E-state index contributed by atoms with van der Waals surface area (Å²) in [5, 5.41) is 2.92. The number of fused-ring (bicyclic) bond motifs is 2. The van der Waals surface area contributed by atoms with Gasteiger partial charge in [0.25, 0.3) is 0 Å². The molecular weight excluding hydrogens is 498 g/mol. The second-order valence-electron chi connectivity index (χ2n) is 9.97. The lowest BCUT2D eigenvalue weighted by atomic mass is 9.76. The Morgan fingerprint density at radius 1 is 1.03 bits per heavy atom. The van der Waals surface area contributed by atoms with Crippen molar-refractivity contribution in [3.8, 4) is 0 Å². The van der Waals surface area contributed by atoms with Crippen molar-refractivity contribution < 1.29 is 35.9 Å². The van der Waals surface area contributed by atoms with E-state index < -0.39 is 35.1 Å². The van der Waals surface area contributed by atoms with E-state index >= 15 is 0 Å². The summed E-state index contributed by atoms with van der Waals surface area (Å²) < 4.78 is 86.4. The minimum atomic E-state index is -4.93. The summed E-state index contributed by atoms with van der Waals surface area (Å²) in [4.78, 5) is 14.7.